The third-order valence-corrected chi connectivity index (χ3v) is 2.67. The molecule has 0 saturated carbocycles. The first-order chi connectivity index (χ1) is 6.43. The molecule has 4 heteroatoms. The van der Waals surface area contributed by atoms with Gasteiger partial charge in [0.05, 0.1) is 5.54 Å². The van der Waals surface area contributed by atoms with E-state index in [9.17, 15) is 4.79 Å². The molecule has 0 fully saturated rings. The monoisotopic (exact) mass is 256 g/mol. The number of nitrogens with two attached hydrogens (primary N) is 1. The normalized spacial score (nSPS) is 11.1. The van der Waals surface area contributed by atoms with Crippen molar-refractivity contribution in [3.63, 3.8) is 0 Å². The fourth-order valence-electron chi connectivity index (χ4n) is 1.34. The van der Waals surface area contributed by atoms with E-state index < -0.39 is 11.6 Å². The van der Waals surface area contributed by atoms with Crippen molar-refractivity contribution in [2.75, 3.05) is 0 Å². The highest BCUT2D eigenvalue weighted by molar-refractivity contribution is 9.10. The average molecular weight is 257 g/mol. The standard InChI is InChI=1S/C10H13BrN2O/c1-10(2,13-9(12)14)7-5-3-4-6-8(7)11/h3-6H,1-2H3,(H3,12,13,14). The molecule has 14 heavy (non-hydrogen) atoms. The number of nitrogens with one attached hydrogen (secondary N) is 1. The van der Waals surface area contributed by atoms with Gasteiger partial charge in [-0.3, -0.25) is 0 Å². The Balaban J connectivity index is 3.03. The second kappa shape index (κ2) is 4.00. The maximum Gasteiger partial charge on any atom is 0.312 e. The van der Waals surface area contributed by atoms with Crippen LogP contribution in [-0.2, 0) is 5.54 Å². The van der Waals surface area contributed by atoms with E-state index in [4.69, 9.17) is 5.73 Å². The van der Waals surface area contributed by atoms with Gasteiger partial charge in [0.1, 0.15) is 0 Å². The van der Waals surface area contributed by atoms with Gasteiger partial charge < -0.3 is 11.1 Å². The predicted molar refractivity (Wildman–Crippen MR) is 59.9 cm³/mol. The highest BCUT2D eigenvalue weighted by Gasteiger charge is 2.23. The molecule has 1 rings (SSSR count). The second-order valence-corrected chi connectivity index (χ2v) is 4.45. The molecular formula is C10H13BrN2O. The first-order valence-electron chi connectivity index (χ1n) is 4.26. The SMILES string of the molecule is CC(C)(NC(N)=O)c1ccccc1Br. The average Bonchev–Trinajstić information content (AvgIpc) is 2.02. The first-order valence-corrected chi connectivity index (χ1v) is 5.05. The lowest BCUT2D eigenvalue weighted by Crippen LogP contribution is -2.44. The number of urea groups is 1. The van der Waals surface area contributed by atoms with E-state index in [-0.39, 0.29) is 0 Å². The number of primary amides is 1. The van der Waals surface area contributed by atoms with Gasteiger partial charge in [0.25, 0.3) is 0 Å². The molecule has 0 atom stereocenters. The molecule has 0 aliphatic rings. The molecule has 3 nitrogen and oxygen atoms in total. The maximum absolute atomic E-state index is 10.8. The summed E-state index contributed by atoms with van der Waals surface area (Å²) in [6.07, 6.45) is 0. The highest BCUT2D eigenvalue weighted by Crippen LogP contribution is 2.27. The topological polar surface area (TPSA) is 55.1 Å². The Bertz CT molecular complexity index is 350. The van der Waals surface area contributed by atoms with E-state index in [2.05, 4.69) is 21.2 Å². The van der Waals surface area contributed by atoms with Crippen molar-refractivity contribution in [3.05, 3.63) is 34.3 Å². The van der Waals surface area contributed by atoms with E-state index in [0.717, 1.165) is 10.0 Å². The number of amides is 2. The molecule has 0 radical (unpaired) electrons. The van der Waals surface area contributed by atoms with E-state index in [1.54, 1.807) is 0 Å². The maximum atomic E-state index is 10.8. The number of carbonyl (C=O) groups is 1. The minimum Gasteiger partial charge on any atom is -0.352 e. The Hall–Kier alpha value is -1.03. The van der Waals surface area contributed by atoms with Crippen LogP contribution in [0.15, 0.2) is 28.7 Å². The molecular weight excluding hydrogens is 244 g/mol. The minimum absolute atomic E-state index is 0.466. The van der Waals surface area contributed by atoms with Crippen LogP contribution in [0.5, 0.6) is 0 Å². The molecule has 0 aliphatic heterocycles. The molecule has 76 valence electrons. The van der Waals surface area contributed by atoms with Crippen LogP contribution in [0.3, 0.4) is 0 Å². The molecule has 0 unspecified atom stereocenters. The molecule has 0 bridgehead atoms. The van der Waals surface area contributed by atoms with Gasteiger partial charge in [-0.15, -0.1) is 0 Å². The van der Waals surface area contributed by atoms with Crippen LogP contribution in [0.1, 0.15) is 19.4 Å². The van der Waals surface area contributed by atoms with Gasteiger partial charge in [-0.25, -0.2) is 4.79 Å². The Morgan fingerprint density at radius 3 is 2.50 bits per heavy atom. The third-order valence-electron chi connectivity index (χ3n) is 1.98. The van der Waals surface area contributed by atoms with Crippen molar-refractivity contribution >= 4 is 22.0 Å². The van der Waals surface area contributed by atoms with Crippen molar-refractivity contribution < 1.29 is 4.79 Å². The molecule has 0 heterocycles. The summed E-state index contributed by atoms with van der Waals surface area (Å²) in [5.74, 6) is 0. The number of hydrogen-bond donors (Lipinski definition) is 2. The van der Waals surface area contributed by atoms with Gasteiger partial charge in [0.2, 0.25) is 0 Å². The number of halogens is 1. The van der Waals surface area contributed by atoms with Crippen molar-refractivity contribution in [2.45, 2.75) is 19.4 Å². The van der Waals surface area contributed by atoms with Crippen LogP contribution < -0.4 is 11.1 Å². The van der Waals surface area contributed by atoms with Crippen LogP contribution in [0.25, 0.3) is 0 Å². The van der Waals surface area contributed by atoms with Crippen LogP contribution >= 0.6 is 15.9 Å². The molecule has 0 aliphatic carbocycles. The molecule has 0 spiro atoms. The summed E-state index contributed by atoms with van der Waals surface area (Å²) < 4.78 is 0.957. The minimum atomic E-state index is -0.522. The first kappa shape index (κ1) is 11.0. The van der Waals surface area contributed by atoms with E-state index in [1.165, 1.54) is 0 Å². The summed E-state index contributed by atoms with van der Waals surface area (Å²) in [5.41, 5.74) is 5.63. The smallest absolute Gasteiger partial charge is 0.312 e. The summed E-state index contributed by atoms with van der Waals surface area (Å²) in [5, 5.41) is 2.69. The third kappa shape index (κ3) is 2.48. The summed E-state index contributed by atoms with van der Waals surface area (Å²) >= 11 is 3.43. The van der Waals surface area contributed by atoms with Crippen molar-refractivity contribution in [2.24, 2.45) is 5.73 Å². The van der Waals surface area contributed by atoms with Crippen LogP contribution in [0.2, 0.25) is 0 Å². The molecule has 0 saturated heterocycles. The van der Waals surface area contributed by atoms with E-state index >= 15 is 0 Å². The summed E-state index contributed by atoms with van der Waals surface area (Å²) in [6.45, 7) is 3.80. The zero-order valence-electron chi connectivity index (χ0n) is 8.17. The predicted octanol–water partition coefficient (Wildman–Crippen LogP) is 2.35. The Morgan fingerprint density at radius 2 is 2.00 bits per heavy atom. The number of rotatable bonds is 2. The lowest BCUT2D eigenvalue weighted by atomic mass is 9.94. The van der Waals surface area contributed by atoms with Gasteiger partial charge in [0, 0.05) is 4.47 Å². The lowest BCUT2D eigenvalue weighted by molar-refractivity contribution is 0.238. The quantitative estimate of drug-likeness (QED) is 0.839. The Kier molecular flexibility index (Phi) is 3.16. The lowest BCUT2D eigenvalue weighted by Gasteiger charge is -2.26. The second-order valence-electron chi connectivity index (χ2n) is 3.59. The van der Waals surface area contributed by atoms with E-state index in [0.29, 0.717) is 0 Å². The molecule has 1 aromatic rings. The van der Waals surface area contributed by atoms with Gasteiger partial charge in [-0.1, -0.05) is 34.1 Å². The number of benzene rings is 1. The molecule has 1 aromatic carbocycles. The van der Waals surface area contributed by atoms with E-state index in [1.807, 2.05) is 38.1 Å². The zero-order chi connectivity index (χ0) is 10.8. The van der Waals surface area contributed by atoms with Gasteiger partial charge in [-0.2, -0.15) is 0 Å². The fourth-order valence-corrected chi connectivity index (χ4v) is 2.12. The number of hydrogen-bond acceptors (Lipinski definition) is 1. The van der Waals surface area contributed by atoms with Crippen molar-refractivity contribution in [1.82, 2.24) is 5.32 Å². The van der Waals surface area contributed by atoms with Crippen LogP contribution in [-0.4, -0.2) is 6.03 Å². The van der Waals surface area contributed by atoms with Crippen LogP contribution in [0, 0.1) is 0 Å². The number of carbonyl (C=O) groups excluding carboxylic acids is 1. The summed E-state index contributed by atoms with van der Waals surface area (Å²) in [6, 6.07) is 7.20. The van der Waals surface area contributed by atoms with Crippen molar-refractivity contribution in [1.29, 1.82) is 0 Å². The van der Waals surface area contributed by atoms with Gasteiger partial charge >= 0.3 is 6.03 Å². The summed E-state index contributed by atoms with van der Waals surface area (Å²) in [4.78, 5) is 10.8. The van der Waals surface area contributed by atoms with Crippen molar-refractivity contribution in [3.8, 4) is 0 Å². The zero-order valence-corrected chi connectivity index (χ0v) is 9.76. The molecule has 0 aromatic heterocycles. The molecule has 3 N–H and O–H groups in total. The highest BCUT2D eigenvalue weighted by atomic mass is 79.9. The largest absolute Gasteiger partial charge is 0.352 e. The Morgan fingerprint density at radius 1 is 1.43 bits per heavy atom. The Labute approximate surface area is 91.8 Å². The molecule has 2 amide bonds. The summed E-state index contributed by atoms with van der Waals surface area (Å²) in [7, 11) is 0. The van der Waals surface area contributed by atoms with Gasteiger partial charge in [0.15, 0.2) is 0 Å². The van der Waals surface area contributed by atoms with Gasteiger partial charge in [-0.05, 0) is 25.5 Å². The van der Waals surface area contributed by atoms with Crippen LogP contribution in [0.4, 0.5) is 4.79 Å². The fraction of sp³-hybridized carbons (Fsp3) is 0.300.